The number of alkyl halides is 1. The molecule has 1 rings (SSSR count). The predicted octanol–water partition coefficient (Wildman–Crippen LogP) is 1.25. The SMILES string of the molecule is ICOc1cnccn1. The van der Waals surface area contributed by atoms with Crippen molar-refractivity contribution in [1.29, 1.82) is 0 Å². The lowest BCUT2D eigenvalue weighted by Crippen LogP contribution is -1.90. The van der Waals surface area contributed by atoms with Gasteiger partial charge in [0.05, 0.1) is 6.20 Å². The molecule has 0 unspecified atom stereocenters. The lowest BCUT2D eigenvalue weighted by molar-refractivity contribution is 0.386. The van der Waals surface area contributed by atoms with Gasteiger partial charge in [-0.15, -0.1) is 0 Å². The maximum atomic E-state index is 5.02. The summed E-state index contributed by atoms with van der Waals surface area (Å²) in [5.74, 6) is 0.576. The van der Waals surface area contributed by atoms with Gasteiger partial charge >= 0.3 is 0 Å². The van der Waals surface area contributed by atoms with Gasteiger partial charge in [-0.1, -0.05) is 0 Å². The van der Waals surface area contributed by atoms with Gasteiger partial charge in [0.15, 0.2) is 0 Å². The Morgan fingerprint density at radius 2 is 2.44 bits per heavy atom. The van der Waals surface area contributed by atoms with Crippen LogP contribution in [0.3, 0.4) is 0 Å². The topological polar surface area (TPSA) is 35.0 Å². The summed E-state index contributed by atoms with van der Waals surface area (Å²) in [5, 5.41) is 0. The molecule has 0 radical (unpaired) electrons. The maximum absolute atomic E-state index is 5.02. The van der Waals surface area contributed by atoms with Crippen molar-refractivity contribution < 1.29 is 4.74 Å². The van der Waals surface area contributed by atoms with Crippen molar-refractivity contribution >= 4 is 22.6 Å². The smallest absolute Gasteiger partial charge is 0.233 e. The highest BCUT2D eigenvalue weighted by Gasteiger charge is 1.87. The third-order valence-electron chi connectivity index (χ3n) is 0.742. The van der Waals surface area contributed by atoms with Crippen LogP contribution in [0.1, 0.15) is 0 Å². The molecule has 0 amide bonds. The van der Waals surface area contributed by atoms with E-state index < -0.39 is 0 Å². The highest BCUT2D eigenvalue weighted by atomic mass is 127. The summed E-state index contributed by atoms with van der Waals surface area (Å²) in [6.07, 6.45) is 4.79. The summed E-state index contributed by atoms with van der Waals surface area (Å²) in [4.78, 5) is 7.69. The Kier molecular flexibility index (Phi) is 2.69. The molecule has 0 spiro atoms. The molecule has 9 heavy (non-hydrogen) atoms. The fourth-order valence-electron chi connectivity index (χ4n) is 0.416. The molecule has 1 aromatic heterocycles. The molecule has 0 aromatic carbocycles. The van der Waals surface area contributed by atoms with Gasteiger partial charge in [0.25, 0.3) is 0 Å². The molecule has 0 saturated carbocycles. The van der Waals surface area contributed by atoms with Gasteiger partial charge in [-0.25, -0.2) is 4.98 Å². The molecule has 0 bridgehead atoms. The first-order valence-corrected chi connectivity index (χ1v) is 3.91. The Labute approximate surface area is 66.6 Å². The fourth-order valence-corrected chi connectivity index (χ4v) is 0.735. The van der Waals surface area contributed by atoms with Gasteiger partial charge in [0.1, 0.15) is 4.61 Å². The van der Waals surface area contributed by atoms with Crippen LogP contribution in [0.2, 0.25) is 0 Å². The first-order chi connectivity index (χ1) is 4.43. The van der Waals surface area contributed by atoms with E-state index in [1.807, 2.05) is 0 Å². The summed E-state index contributed by atoms with van der Waals surface area (Å²) >= 11 is 2.10. The second kappa shape index (κ2) is 3.60. The van der Waals surface area contributed by atoms with E-state index >= 15 is 0 Å². The van der Waals surface area contributed by atoms with E-state index in [0.29, 0.717) is 10.5 Å². The molecule has 0 N–H and O–H groups in total. The number of hydrogen-bond acceptors (Lipinski definition) is 3. The molecular weight excluding hydrogens is 231 g/mol. The number of halogens is 1. The number of aromatic nitrogens is 2. The minimum Gasteiger partial charge on any atom is -0.466 e. The van der Waals surface area contributed by atoms with Crippen molar-refractivity contribution in [2.75, 3.05) is 4.61 Å². The third kappa shape index (κ3) is 2.13. The molecule has 0 aliphatic carbocycles. The molecule has 0 saturated heterocycles. The largest absolute Gasteiger partial charge is 0.466 e. The fraction of sp³-hybridized carbons (Fsp3) is 0.200. The van der Waals surface area contributed by atoms with Gasteiger partial charge in [0, 0.05) is 12.4 Å². The van der Waals surface area contributed by atoms with Crippen molar-refractivity contribution in [1.82, 2.24) is 9.97 Å². The van der Waals surface area contributed by atoms with E-state index in [0.717, 1.165) is 0 Å². The molecule has 4 heteroatoms. The first-order valence-electron chi connectivity index (χ1n) is 2.38. The van der Waals surface area contributed by atoms with Crippen molar-refractivity contribution in [3.8, 4) is 5.88 Å². The molecule has 1 heterocycles. The van der Waals surface area contributed by atoms with E-state index in [9.17, 15) is 0 Å². The van der Waals surface area contributed by atoms with Crippen LogP contribution in [0.4, 0.5) is 0 Å². The Balaban J connectivity index is 2.61. The summed E-state index contributed by atoms with van der Waals surface area (Å²) in [6, 6.07) is 0. The first kappa shape index (κ1) is 6.73. The van der Waals surface area contributed by atoms with Crippen LogP contribution in [-0.2, 0) is 0 Å². The van der Waals surface area contributed by atoms with Crippen molar-refractivity contribution in [2.24, 2.45) is 0 Å². The zero-order valence-corrected chi connectivity index (χ0v) is 6.78. The van der Waals surface area contributed by atoms with Crippen LogP contribution < -0.4 is 4.74 Å². The lowest BCUT2D eigenvalue weighted by atomic mass is 10.7. The molecule has 0 fully saturated rings. The van der Waals surface area contributed by atoms with Crippen LogP contribution in [0.25, 0.3) is 0 Å². The van der Waals surface area contributed by atoms with E-state index in [1.54, 1.807) is 18.6 Å². The van der Waals surface area contributed by atoms with Crippen LogP contribution in [0.5, 0.6) is 5.88 Å². The van der Waals surface area contributed by atoms with Gasteiger partial charge in [-0.3, -0.25) is 4.98 Å². The average molecular weight is 236 g/mol. The third-order valence-corrected chi connectivity index (χ3v) is 1.05. The monoisotopic (exact) mass is 236 g/mol. The predicted molar refractivity (Wildman–Crippen MR) is 41.5 cm³/mol. The number of nitrogens with zero attached hydrogens (tertiary/aromatic N) is 2. The van der Waals surface area contributed by atoms with E-state index in [1.165, 1.54) is 0 Å². The Hall–Kier alpha value is -0.390. The molecule has 0 atom stereocenters. The lowest BCUT2D eigenvalue weighted by Gasteiger charge is -1.95. The second-order valence-electron chi connectivity index (χ2n) is 1.30. The van der Waals surface area contributed by atoms with Gasteiger partial charge in [-0.2, -0.15) is 0 Å². The quantitative estimate of drug-likeness (QED) is 0.572. The van der Waals surface area contributed by atoms with Crippen LogP contribution in [-0.4, -0.2) is 14.6 Å². The normalized spacial score (nSPS) is 9.00. The van der Waals surface area contributed by atoms with E-state index in [-0.39, 0.29) is 0 Å². The standard InChI is InChI=1S/C5H5IN2O/c6-4-9-5-3-7-1-2-8-5/h1-3H,4H2. The summed E-state index contributed by atoms with van der Waals surface area (Å²) in [5.41, 5.74) is 0. The molecule has 0 aliphatic heterocycles. The summed E-state index contributed by atoms with van der Waals surface area (Å²) < 4.78 is 5.63. The van der Waals surface area contributed by atoms with Crippen molar-refractivity contribution in [3.63, 3.8) is 0 Å². The van der Waals surface area contributed by atoms with Crippen molar-refractivity contribution in [3.05, 3.63) is 18.6 Å². The molecule has 48 valence electrons. The van der Waals surface area contributed by atoms with Crippen LogP contribution in [0.15, 0.2) is 18.6 Å². The number of rotatable bonds is 2. The van der Waals surface area contributed by atoms with Gasteiger partial charge < -0.3 is 4.74 Å². The highest BCUT2D eigenvalue weighted by molar-refractivity contribution is 14.1. The zero-order chi connectivity index (χ0) is 6.53. The zero-order valence-electron chi connectivity index (χ0n) is 4.62. The minimum absolute atomic E-state index is 0.576. The van der Waals surface area contributed by atoms with Crippen LogP contribution >= 0.6 is 22.6 Å². The average Bonchev–Trinajstić information content (AvgIpc) is 1.91. The number of ether oxygens (including phenoxy) is 1. The Morgan fingerprint density at radius 3 is 3.00 bits per heavy atom. The Bertz CT molecular complexity index is 168. The summed E-state index contributed by atoms with van der Waals surface area (Å²) in [7, 11) is 0. The minimum atomic E-state index is 0.576. The summed E-state index contributed by atoms with van der Waals surface area (Å²) in [6.45, 7) is 0. The number of hydrogen-bond donors (Lipinski definition) is 0. The Morgan fingerprint density at radius 1 is 1.56 bits per heavy atom. The van der Waals surface area contributed by atoms with E-state index in [4.69, 9.17) is 4.74 Å². The maximum Gasteiger partial charge on any atom is 0.233 e. The van der Waals surface area contributed by atoms with Crippen LogP contribution in [0, 0.1) is 0 Å². The molecular formula is C5H5IN2O. The molecule has 0 aliphatic rings. The van der Waals surface area contributed by atoms with E-state index in [2.05, 4.69) is 32.6 Å². The second-order valence-corrected chi connectivity index (χ2v) is 1.92. The van der Waals surface area contributed by atoms with Gasteiger partial charge in [-0.05, 0) is 22.6 Å². The molecule has 1 aromatic rings. The van der Waals surface area contributed by atoms with Gasteiger partial charge in [0.2, 0.25) is 5.88 Å². The highest BCUT2D eigenvalue weighted by Crippen LogP contribution is 2.01. The van der Waals surface area contributed by atoms with Crippen molar-refractivity contribution in [2.45, 2.75) is 0 Å². The molecule has 3 nitrogen and oxygen atoms in total.